The first kappa shape index (κ1) is 13.6. The van der Waals surface area contributed by atoms with Crippen molar-refractivity contribution in [3.63, 3.8) is 0 Å². The van der Waals surface area contributed by atoms with Crippen LogP contribution in [0, 0.1) is 0 Å². The standard InChI is InChI=1S/C6H10O2.C3H6O/c7-5-3-1-2-4-6-8;1-2-3-4/h1,3,5,8H,2,4,6H2;3H,2H2,1H3. The number of carbonyl (C=O) groups excluding carboxylic acids is 2. The summed E-state index contributed by atoms with van der Waals surface area (Å²) < 4.78 is 0. The number of aliphatic hydroxyl groups excluding tert-OH is 1. The maximum atomic E-state index is 9.62. The molecule has 0 aromatic rings. The SMILES string of the molecule is CCC=O.O=CC=CCCCO. The van der Waals surface area contributed by atoms with Crippen molar-refractivity contribution in [1.29, 1.82) is 0 Å². The lowest BCUT2D eigenvalue weighted by Gasteiger charge is -1.83. The van der Waals surface area contributed by atoms with Crippen molar-refractivity contribution in [2.75, 3.05) is 6.61 Å². The molecule has 0 aliphatic carbocycles. The van der Waals surface area contributed by atoms with Gasteiger partial charge in [0.05, 0.1) is 0 Å². The topological polar surface area (TPSA) is 54.4 Å². The average Bonchev–Trinajstić information content (AvgIpc) is 2.13. The van der Waals surface area contributed by atoms with Crippen LogP contribution in [0.1, 0.15) is 26.2 Å². The van der Waals surface area contributed by atoms with Gasteiger partial charge in [-0.2, -0.15) is 0 Å². The molecule has 0 spiro atoms. The summed E-state index contributed by atoms with van der Waals surface area (Å²) in [4.78, 5) is 18.8. The molecule has 0 heterocycles. The minimum Gasteiger partial charge on any atom is -0.396 e. The van der Waals surface area contributed by atoms with Crippen molar-refractivity contribution in [2.24, 2.45) is 0 Å². The van der Waals surface area contributed by atoms with Gasteiger partial charge in [0.1, 0.15) is 12.6 Å². The number of hydrogen-bond donors (Lipinski definition) is 1. The molecule has 0 unspecified atom stereocenters. The first-order valence-corrected chi connectivity index (χ1v) is 3.98. The van der Waals surface area contributed by atoms with E-state index in [2.05, 4.69) is 0 Å². The van der Waals surface area contributed by atoms with Crippen LogP contribution in [0.4, 0.5) is 0 Å². The third kappa shape index (κ3) is 23.0. The molecule has 3 nitrogen and oxygen atoms in total. The van der Waals surface area contributed by atoms with Gasteiger partial charge in [0.25, 0.3) is 0 Å². The van der Waals surface area contributed by atoms with E-state index in [-0.39, 0.29) is 6.61 Å². The molecule has 3 heteroatoms. The van der Waals surface area contributed by atoms with Crippen LogP contribution < -0.4 is 0 Å². The number of aldehydes is 2. The van der Waals surface area contributed by atoms with Crippen molar-refractivity contribution in [2.45, 2.75) is 26.2 Å². The normalized spacial score (nSPS) is 8.83. The first-order valence-electron chi connectivity index (χ1n) is 3.98. The highest BCUT2D eigenvalue weighted by Crippen LogP contribution is 1.86. The van der Waals surface area contributed by atoms with E-state index in [4.69, 9.17) is 5.11 Å². The van der Waals surface area contributed by atoms with Crippen LogP contribution in [-0.2, 0) is 9.59 Å². The predicted molar refractivity (Wildman–Crippen MR) is 47.9 cm³/mol. The van der Waals surface area contributed by atoms with Crippen molar-refractivity contribution < 1.29 is 14.7 Å². The quantitative estimate of drug-likeness (QED) is 0.384. The molecule has 0 aromatic heterocycles. The zero-order chi connectivity index (χ0) is 9.66. The summed E-state index contributed by atoms with van der Waals surface area (Å²) >= 11 is 0. The maximum absolute atomic E-state index is 9.62. The van der Waals surface area contributed by atoms with E-state index in [0.29, 0.717) is 6.42 Å². The maximum Gasteiger partial charge on any atom is 0.142 e. The summed E-state index contributed by atoms with van der Waals surface area (Å²) in [5, 5.41) is 8.24. The highest BCUT2D eigenvalue weighted by molar-refractivity contribution is 5.64. The van der Waals surface area contributed by atoms with Crippen LogP contribution in [0.15, 0.2) is 12.2 Å². The van der Waals surface area contributed by atoms with E-state index in [1.54, 1.807) is 6.08 Å². The molecule has 0 aliphatic heterocycles. The molecular weight excluding hydrogens is 156 g/mol. The minimum atomic E-state index is 0.198. The Hall–Kier alpha value is -0.960. The van der Waals surface area contributed by atoms with Crippen LogP contribution in [-0.4, -0.2) is 24.3 Å². The van der Waals surface area contributed by atoms with Crippen molar-refractivity contribution in [3.8, 4) is 0 Å². The molecular formula is C9H16O3. The molecule has 1 N–H and O–H groups in total. The van der Waals surface area contributed by atoms with Gasteiger partial charge in [-0.05, 0) is 18.9 Å². The molecule has 0 fully saturated rings. The molecule has 0 rings (SSSR count). The van der Waals surface area contributed by atoms with Gasteiger partial charge >= 0.3 is 0 Å². The van der Waals surface area contributed by atoms with Crippen molar-refractivity contribution >= 4 is 12.6 Å². The lowest BCUT2D eigenvalue weighted by Crippen LogP contribution is -1.77. The largest absolute Gasteiger partial charge is 0.396 e. The van der Waals surface area contributed by atoms with E-state index in [1.165, 1.54) is 6.08 Å². The van der Waals surface area contributed by atoms with Crippen LogP contribution in [0.2, 0.25) is 0 Å². The smallest absolute Gasteiger partial charge is 0.142 e. The monoisotopic (exact) mass is 172 g/mol. The van der Waals surface area contributed by atoms with Gasteiger partial charge in [-0.3, -0.25) is 4.79 Å². The second-order valence-electron chi connectivity index (χ2n) is 2.00. The van der Waals surface area contributed by atoms with Crippen molar-refractivity contribution in [1.82, 2.24) is 0 Å². The lowest BCUT2D eigenvalue weighted by atomic mass is 10.3. The number of rotatable bonds is 5. The lowest BCUT2D eigenvalue weighted by molar-refractivity contribution is -0.107. The fraction of sp³-hybridized carbons (Fsp3) is 0.556. The zero-order valence-corrected chi connectivity index (χ0v) is 7.40. The molecule has 12 heavy (non-hydrogen) atoms. The Labute approximate surface area is 73.1 Å². The molecule has 0 bridgehead atoms. The summed E-state index contributed by atoms with van der Waals surface area (Å²) in [7, 11) is 0. The van der Waals surface area contributed by atoms with Crippen LogP contribution in [0.3, 0.4) is 0 Å². The highest BCUT2D eigenvalue weighted by atomic mass is 16.2. The molecule has 0 radical (unpaired) electrons. The van der Waals surface area contributed by atoms with Gasteiger partial charge in [-0.15, -0.1) is 0 Å². The van der Waals surface area contributed by atoms with E-state index in [1.807, 2.05) is 6.92 Å². The summed E-state index contributed by atoms with van der Waals surface area (Å²) in [6.07, 6.45) is 6.95. The van der Waals surface area contributed by atoms with Gasteiger partial charge < -0.3 is 9.90 Å². The zero-order valence-electron chi connectivity index (χ0n) is 7.40. The predicted octanol–water partition coefficient (Wildman–Crippen LogP) is 1.11. The second-order valence-corrected chi connectivity index (χ2v) is 2.00. The molecule has 0 amide bonds. The van der Waals surface area contributed by atoms with Gasteiger partial charge in [0.2, 0.25) is 0 Å². The summed E-state index contributed by atoms with van der Waals surface area (Å²) in [6.45, 7) is 2.01. The van der Waals surface area contributed by atoms with Gasteiger partial charge in [-0.25, -0.2) is 0 Å². The average molecular weight is 172 g/mol. The molecule has 0 saturated carbocycles. The first-order chi connectivity index (χ1) is 5.83. The minimum absolute atomic E-state index is 0.198. The number of allylic oxidation sites excluding steroid dienone is 2. The Balaban J connectivity index is 0. The Kier molecular flexibility index (Phi) is 18.8. The van der Waals surface area contributed by atoms with Crippen LogP contribution in [0.5, 0.6) is 0 Å². The number of aliphatic hydroxyl groups is 1. The van der Waals surface area contributed by atoms with Gasteiger partial charge in [0.15, 0.2) is 0 Å². The summed E-state index contributed by atoms with van der Waals surface area (Å²) in [6, 6.07) is 0. The Morgan fingerprint density at radius 1 is 1.33 bits per heavy atom. The summed E-state index contributed by atoms with van der Waals surface area (Å²) in [5.74, 6) is 0. The van der Waals surface area contributed by atoms with E-state index >= 15 is 0 Å². The molecule has 0 saturated heterocycles. The summed E-state index contributed by atoms with van der Waals surface area (Å²) in [5.41, 5.74) is 0. The molecule has 0 atom stereocenters. The molecule has 0 aliphatic rings. The Morgan fingerprint density at radius 3 is 2.25 bits per heavy atom. The van der Waals surface area contributed by atoms with Crippen LogP contribution in [0.25, 0.3) is 0 Å². The van der Waals surface area contributed by atoms with E-state index in [9.17, 15) is 9.59 Å². The number of carbonyl (C=O) groups is 2. The van der Waals surface area contributed by atoms with E-state index in [0.717, 1.165) is 25.4 Å². The molecule has 70 valence electrons. The number of unbranched alkanes of at least 4 members (excludes halogenated alkanes) is 1. The highest BCUT2D eigenvalue weighted by Gasteiger charge is 1.75. The third-order valence-corrected chi connectivity index (χ3v) is 0.910. The fourth-order valence-electron chi connectivity index (χ4n) is 0.361. The fourth-order valence-corrected chi connectivity index (χ4v) is 0.361. The Bertz CT molecular complexity index is 119. The Morgan fingerprint density at radius 2 is 1.92 bits per heavy atom. The van der Waals surface area contributed by atoms with Gasteiger partial charge in [0, 0.05) is 13.0 Å². The van der Waals surface area contributed by atoms with Crippen LogP contribution >= 0.6 is 0 Å². The number of hydrogen-bond acceptors (Lipinski definition) is 3. The van der Waals surface area contributed by atoms with Gasteiger partial charge in [-0.1, -0.05) is 13.0 Å². The van der Waals surface area contributed by atoms with E-state index < -0.39 is 0 Å². The molecule has 0 aromatic carbocycles. The second kappa shape index (κ2) is 16.6. The van der Waals surface area contributed by atoms with Crippen molar-refractivity contribution in [3.05, 3.63) is 12.2 Å². The third-order valence-electron chi connectivity index (χ3n) is 0.910.